The highest BCUT2D eigenvalue weighted by Crippen LogP contribution is 2.42. The summed E-state index contributed by atoms with van der Waals surface area (Å²) < 4.78 is 41.6. The van der Waals surface area contributed by atoms with E-state index in [-0.39, 0.29) is 12.0 Å². The predicted molar refractivity (Wildman–Crippen MR) is 166 cm³/mol. The number of rotatable bonds is 1. The minimum absolute atomic E-state index is 0.00132. The maximum Gasteiger partial charge on any atom is 0.264 e. The van der Waals surface area contributed by atoms with Gasteiger partial charge in [-0.2, -0.15) is 0 Å². The van der Waals surface area contributed by atoms with E-state index in [0.717, 1.165) is 74.3 Å². The maximum absolute atomic E-state index is 13.4. The minimum Gasteiger partial charge on any atom is -0.487 e. The van der Waals surface area contributed by atoms with E-state index >= 15 is 0 Å². The summed E-state index contributed by atoms with van der Waals surface area (Å²) in [5.41, 5.74) is 3.45. The second-order valence-corrected chi connectivity index (χ2v) is 14.8. The van der Waals surface area contributed by atoms with Gasteiger partial charge in [-0.1, -0.05) is 36.2 Å². The van der Waals surface area contributed by atoms with Gasteiger partial charge in [0, 0.05) is 30.8 Å². The van der Waals surface area contributed by atoms with Crippen molar-refractivity contribution in [2.75, 3.05) is 25.1 Å². The third kappa shape index (κ3) is 6.36. The van der Waals surface area contributed by atoms with E-state index < -0.39 is 21.2 Å². The number of nitrogens with one attached hydrogen (secondary N) is 1. The average molecular weight is 613 g/mol. The van der Waals surface area contributed by atoms with E-state index in [4.69, 9.17) is 21.1 Å². The molecular weight excluding hydrogens is 572 g/mol. The van der Waals surface area contributed by atoms with Gasteiger partial charge in [0.15, 0.2) is 0 Å². The minimum atomic E-state index is -3.83. The van der Waals surface area contributed by atoms with Crippen molar-refractivity contribution in [3.8, 4) is 5.75 Å². The van der Waals surface area contributed by atoms with Crippen LogP contribution in [-0.2, 0) is 27.8 Å². The third-order valence-electron chi connectivity index (χ3n) is 9.78. The zero-order valence-electron chi connectivity index (χ0n) is 24.3. The van der Waals surface area contributed by atoms with E-state index in [1.54, 1.807) is 13.2 Å². The second kappa shape index (κ2) is 12.6. The summed E-state index contributed by atoms with van der Waals surface area (Å²) in [5.74, 6) is 1.10. The molecule has 2 saturated carbocycles. The highest BCUT2D eigenvalue weighted by molar-refractivity contribution is 7.90. The van der Waals surface area contributed by atoms with Gasteiger partial charge in [0.05, 0.1) is 17.0 Å². The zero-order chi connectivity index (χ0) is 29.3. The van der Waals surface area contributed by atoms with Crippen LogP contribution in [0.1, 0.15) is 72.9 Å². The number of nitrogens with zero attached hydrogens (tertiary/aromatic N) is 1. The van der Waals surface area contributed by atoms with E-state index in [1.807, 2.05) is 30.3 Å². The molecule has 2 aliphatic heterocycles. The van der Waals surface area contributed by atoms with Crippen molar-refractivity contribution in [3.05, 3.63) is 70.3 Å². The average Bonchev–Trinajstić information content (AvgIpc) is 3.00. The van der Waals surface area contributed by atoms with Crippen LogP contribution in [0, 0.1) is 17.8 Å². The molecular formula is C33H41ClN2O5S. The molecule has 42 heavy (non-hydrogen) atoms. The number of allylic oxidation sites excluding steroid dienone is 1. The molecule has 2 fully saturated rings. The lowest BCUT2D eigenvalue weighted by Gasteiger charge is -2.43. The second-order valence-electron chi connectivity index (χ2n) is 12.4. The standard InChI is InChI=1S/C33H41ClN2O5S/c1-40-31-14-8-22-5-4-7-28(17-22)42(38,39)35-33(37)24-11-15-32-30(19-24)36(20-25-10-13-29(25)31)16-3-2-6-23-18-27(34)12-9-26(23)21-41-32/h8-9,11-12,14-15,18-19,22,25,28-29,31H,2-7,10,13,16-17,20-21H2,1H3,(H,35,37)/b14-8+/t22-,25-,28+,29+,31-/m0/s1. The summed E-state index contributed by atoms with van der Waals surface area (Å²) in [5, 5.41) is 0.130. The highest BCUT2D eigenvalue weighted by atomic mass is 35.5. The molecule has 0 saturated heterocycles. The first-order valence-electron chi connectivity index (χ1n) is 15.4. The molecule has 2 aliphatic carbocycles. The van der Waals surface area contributed by atoms with Crippen molar-refractivity contribution < 1.29 is 22.7 Å². The Morgan fingerprint density at radius 3 is 2.69 bits per heavy atom. The molecule has 0 unspecified atom stereocenters. The van der Waals surface area contributed by atoms with E-state index in [1.165, 1.54) is 5.56 Å². The monoisotopic (exact) mass is 612 g/mol. The quantitative estimate of drug-likeness (QED) is 0.381. The molecule has 0 aromatic heterocycles. The zero-order valence-corrected chi connectivity index (χ0v) is 25.8. The Labute approximate surface area is 254 Å². The van der Waals surface area contributed by atoms with Crippen LogP contribution in [0.15, 0.2) is 48.6 Å². The fourth-order valence-corrected chi connectivity index (χ4v) is 8.90. The first-order valence-corrected chi connectivity index (χ1v) is 17.3. The maximum atomic E-state index is 13.4. The Hall–Kier alpha value is -2.55. The van der Waals surface area contributed by atoms with Gasteiger partial charge in [-0.05, 0) is 111 Å². The fraction of sp³-hybridized carbons (Fsp3) is 0.545. The Kier molecular flexibility index (Phi) is 8.85. The number of carbonyl (C=O) groups is 1. The Morgan fingerprint density at radius 2 is 1.88 bits per heavy atom. The Balaban J connectivity index is 1.38. The molecule has 4 bridgehead atoms. The lowest BCUT2D eigenvalue weighted by Crippen LogP contribution is -2.44. The number of amides is 1. The molecule has 2 heterocycles. The van der Waals surface area contributed by atoms with Crippen molar-refractivity contribution >= 4 is 33.2 Å². The Bertz CT molecular complexity index is 1440. The summed E-state index contributed by atoms with van der Waals surface area (Å²) in [6, 6.07) is 11.3. The smallest absolute Gasteiger partial charge is 0.264 e. The van der Waals surface area contributed by atoms with Crippen LogP contribution < -0.4 is 14.4 Å². The number of fused-ring (bicyclic) bond motifs is 5. The summed E-state index contributed by atoms with van der Waals surface area (Å²) in [7, 11) is -2.05. The fourth-order valence-electron chi connectivity index (χ4n) is 7.19. The number of sulfonamides is 1. The Morgan fingerprint density at radius 1 is 1.00 bits per heavy atom. The van der Waals surface area contributed by atoms with Gasteiger partial charge in [0.2, 0.25) is 10.0 Å². The number of benzene rings is 2. The van der Waals surface area contributed by atoms with Crippen molar-refractivity contribution in [3.63, 3.8) is 0 Å². The van der Waals surface area contributed by atoms with Gasteiger partial charge in [0.1, 0.15) is 12.4 Å². The normalized spacial score (nSPS) is 30.3. The predicted octanol–water partition coefficient (Wildman–Crippen LogP) is 6.29. The van der Waals surface area contributed by atoms with E-state index in [2.05, 4.69) is 21.8 Å². The van der Waals surface area contributed by atoms with Crippen LogP contribution in [0.4, 0.5) is 5.69 Å². The molecule has 1 amide bonds. The topological polar surface area (TPSA) is 84.9 Å². The number of aryl methyl sites for hydroxylation is 1. The summed E-state index contributed by atoms with van der Waals surface area (Å²) in [6.45, 7) is 2.01. The molecule has 6 rings (SSSR count). The largest absolute Gasteiger partial charge is 0.487 e. The van der Waals surface area contributed by atoms with Crippen molar-refractivity contribution in [1.82, 2.24) is 4.72 Å². The molecule has 1 N–H and O–H groups in total. The summed E-state index contributed by atoms with van der Waals surface area (Å²) in [6.07, 6.45) is 12.3. The lowest BCUT2D eigenvalue weighted by atomic mass is 9.70. The van der Waals surface area contributed by atoms with Crippen LogP contribution >= 0.6 is 11.6 Å². The first kappa shape index (κ1) is 29.5. The molecule has 0 radical (unpaired) electrons. The van der Waals surface area contributed by atoms with Gasteiger partial charge in [-0.15, -0.1) is 0 Å². The molecule has 226 valence electrons. The molecule has 2 aromatic carbocycles. The van der Waals surface area contributed by atoms with Gasteiger partial charge in [-0.25, -0.2) is 13.1 Å². The highest BCUT2D eigenvalue weighted by Gasteiger charge is 2.38. The van der Waals surface area contributed by atoms with Crippen molar-refractivity contribution in [1.29, 1.82) is 0 Å². The first-order chi connectivity index (χ1) is 20.3. The number of carbonyl (C=O) groups excluding carboxylic acids is 1. The van der Waals surface area contributed by atoms with Crippen molar-refractivity contribution in [2.24, 2.45) is 17.8 Å². The summed E-state index contributed by atoms with van der Waals surface area (Å²) in [4.78, 5) is 15.8. The van der Waals surface area contributed by atoms with Crippen LogP contribution in [0.3, 0.4) is 0 Å². The number of anilines is 1. The summed E-state index contributed by atoms with van der Waals surface area (Å²) >= 11 is 6.33. The molecule has 9 heteroatoms. The van der Waals surface area contributed by atoms with Crippen LogP contribution in [0.2, 0.25) is 5.02 Å². The number of methoxy groups -OCH3 is 1. The van der Waals surface area contributed by atoms with E-state index in [0.29, 0.717) is 42.6 Å². The van der Waals surface area contributed by atoms with Crippen LogP contribution in [-0.4, -0.2) is 45.9 Å². The van der Waals surface area contributed by atoms with Gasteiger partial charge < -0.3 is 14.4 Å². The van der Waals surface area contributed by atoms with E-state index in [9.17, 15) is 13.2 Å². The number of hydrogen-bond donors (Lipinski definition) is 1. The van der Waals surface area contributed by atoms with Gasteiger partial charge >= 0.3 is 0 Å². The van der Waals surface area contributed by atoms with Crippen molar-refractivity contribution in [2.45, 2.75) is 75.7 Å². The molecule has 4 aliphatic rings. The van der Waals surface area contributed by atoms with Gasteiger partial charge in [-0.3, -0.25) is 4.79 Å². The van der Waals surface area contributed by atoms with Crippen LogP contribution in [0.25, 0.3) is 0 Å². The number of ether oxygens (including phenoxy) is 2. The lowest BCUT2D eigenvalue weighted by molar-refractivity contribution is 0.0132. The third-order valence-corrected chi connectivity index (χ3v) is 11.8. The molecule has 0 spiro atoms. The molecule has 5 atom stereocenters. The van der Waals surface area contributed by atoms with Gasteiger partial charge in [0.25, 0.3) is 5.91 Å². The number of halogens is 1. The SMILES string of the molecule is CO[C@H]1/C=C/[C@@H]2CCC[C@H](C2)S(=O)(=O)NC(=O)c2ccc3c(c2)N(CCCCc2cc(Cl)ccc2CO3)C[C@@H]2CC[C@H]21. The van der Waals surface area contributed by atoms with Crippen LogP contribution in [0.5, 0.6) is 5.75 Å². The molecule has 2 aromatic rings. The number of hydrogen-bond acceptors (Lipinski definition) is 6. The molecule has 7 nitrogen and oxygen atoms in total.